The largest absolute Gasteiger partial charge is 0.0629 e. The zero-order valence-electron chi connectivity index (χ0n) is 25.6. The lowest BCUT2D eigenvalue weighted by atomic mass is 9.84. The van der Waals surface area contributed by atoms with Crippen LogP contribution in [0.25, 0.3) is 66.1 Å². The zero-order chi connectivity index (χ0) is 29.7. The highest BCUT2D eigenvalue weighted by atomic mass is 14.2. The summed E-state index contributed by atoms with van der Waals surface area (Å²) in [5.41, 5.74) is 7.19. The third-order valence-corrected chi connectivity index (χ3v) is 7.14. The Bertz CT molecular complexity index is 2140. The second kappa shape index (κ2) is 9.50. The van der Waals surface area contributed by atoms with E-state index in [0.717, 1.165) is 54.9 Å². The molecule has 7 rings (SSSR count). The summed E-state index contributed by atoms with van der Waals surface area (Å²) in [5, 5.41) is 3.57. The summed E-state index contributed by atoms with van der Waals surface area (Å²) in [6.45, 7) is 0. The first-order valence-electron chi connectivity index (χ1n) is 15.2. The van der Waals surface area contributed by atoms with Gasteiger partial charge in [0.2, 0.25) is 0 Å². The number of benzene rings is 7. The molecule has 0 radical (unpaired) electrons. The minimum atomic E-state index is -0.397. The molecule has 0 amide bonds. The van der Waals surface area contributed by atoms with Gasteiger partial charge in [0.15, 0.2) is 0 Å². The van der Waals surface area contributed by atoms with Crippen LogP contribution < -0.4 is 0 Å². The predicted octanol–water partition coefficient (Wildman–Crippen LogP) is 10.7. The Balaban J connectivity index is 1.64. The topological polar surface area (TPSA) is 0 Å². The fourth-order valence-corrected chi connectivity index (χ4v) is 5.43. The highest BCUT2D eigenvalue weighted by Crippen LogP contribution is 2.45. The quantitative estimate of drug-likeness (QED) is 0.217. The fraction of sp³-hybridized carbons (Fsp3) is 0. The average Bonchev–Trinajstić information content (AvgIpc) is 3.07. The lowest BCUT2D eigenvalue weighted by molar-refractivity contribution is 1.60. The molecule has 0 heteroatoms. The van der Waals surface area contributed by atoms with Crippen molar-refractivity contribution >= 4 is 21.5 Å². The van der Waals surface area contributed by atoms with Crippen LogP contribution in [0.4, 0.5) is 0 Å². The Morgan fingerprint density at radius 3 is 1.47 bits per heavy atom. The van der Waals surface area contributed by atoms with E-state index in [1.807, 2.05) is 54.6 Å². The normalized spacial score (nSPS) is 13.0. The molecule has 178 valence electrons. The highest BCUT2D eigenvalue weighted by molar-refractivity contribution is 6.22. The fourth-order valence-electron chi connectivity index (χ4n) is 5.43. The minimum Gasteiger partial charge on any atom is -0.0622 e. The van der Waals surface area contributed by atoms with E-state index in [1.54, 1.807) is 0 Å². The number of rotatable bonds is 4. The number of fused-ring (bicyclic) bond motifs is 2. The average molecular weight is 488 g/mol. The molecule has 0 aromatic heterocycles. The van der Waals surface area contributed by atoms with Crippen LogP contribution in [-0.2, 0) is 0 Å². The van der Waals surface area contributed by atoms with Gasteiger partial charge in [-0.25, -0.2) is 0 Å². The maximum Gasteiger partial charge on any atom is 0.0629 e. The molecule has 0 nitrogen and oxygen atoms in total. The van der Waals surface area contributed by atoms with Gasteiger partial charge in [-0.15, -0.1) is 0 Å². The molecular formula is C38H26. The molecule has 0 unspecified atom stereocenters. The Morgan fingerprint density at radius 2 is 0.816 bits per heavy atom. The predicted molar refractivity (Wildman–Crippen MR) is 163 cm³/mol. The number of hydrogen-bond donors (Lipinski definition) is 0. The monoisotopic (exact) mass is 487 g/mol. The Morgan fingerprint density at radius 1 is 0.316 bits per heavy atom. The molecule has 0 saturated carbocycles. The van der Waals surface area contributed by atoms with Crippen molar-refractivity contribution < 1.29 is 6.85 Å². The van der Waals surface area contributed by atoms with Gasteiger partial charge in [-0.1, -0.05) is 145 Å². The first-order chi connectivity index (χ1) is 20.9. The van der Waals surface area contributed by atoms with Crippen molar-refractivity contribution in [2.24, 2.45) is 0 Å². The van der Waals surface area contributed by atoms with Gasteiger partial charge in [0.05, 0.1) is 6.85 Å². The zero-order valence-corrected chi connectivity index (χ0v) is 20.6. The molecule has 0 bridgehead atoms. The molecule has 7 aromatic rings. The molecule has 38 heavy (non-hydrogen) atoms. The van der Waals surface area contributed by atoms with Crippen molar-refractivity contribution in [1.29, 1.82) is 0 Å². The molecule has 0 aliphatic heterocycles. The van der Waals surface area contributed by atoms with Crippen LogP contribution in [0.2, 0.25) is 0 Å². The molecule has 7 aromatic carbocycles. The van der Waals surface area contributed by atoms with Crippen molar-refractivity contribution in [3.8, 4) is 44.5 Å². The van der Waals surface area contributed by atoms with Gasteiger partial charge in [0, 0.05) is 0 Å². The van der Waals surface area contributed by atoms with E-state index in [0.29, 0.717) is 5.56 Å². The van der Waals surface area contributed by atoms with Gasteiger partial charge in [0.25, 0.3) is 0 Å². The van der Waals surface area contributed by atoms with Crippen LogP contribution in [0.15, 0.2) is 158 Å². The summed E-state index contributed by atoms with van der Waals surface area (Å²) < 4.78 is 42.9. The van der Waals surface area contributed by atoms with Crippen LogP contribution >= 0.6 is 0 Å². The summed E-state index contributed by atoms with van der Waals surface area (Å²) in [5.74, 6) is 0. The lowest BCUT2D eigenvalue weighted by Gasteiger charge is -2.19. The van der Waals surface area contributed by atoms with Crippen LogP contribution in [-0.4, -0.2) is 0 Å². The van der Waals surface area contributed by atoms with Gasteiger partial charge in [-0.2, -0.15) is 0 Å². The van der Waals surface area contributed by atoms with E-state index in [9.17, 15) is 0 Å². The third kappa shape index (κ3) is 3.88. The van der Waals surface area contributed by atoms with E-state index >= 15 is 0 Å². The summed E-state index contributed by atoms with van der Waals surface area (Å²) >= 11 is 0. The van der Waals surface area contributed by atoms with Crippen molar-refractivity contribution in [2.45, 2.75) is 0 Å². The lowest BCUT2D eigenvalue weighted by Crippen LogP contribution is -1.92. The molecule has 0 N–H and O–H groups in total. The Hall–Kier alpha value is -4.94. The second-order valence-electron chi connectivity index (χ2n) is 9.37. The Kier molecular flexibility index (Phi) is 4.38. The molecular weight excluding hydrogens is 456 g/mol. The molecule has 0 fully saturated rings. The van der Waals surface area contributed by atoms with Gasteiger partial charge in [-0.3, -0.25) is 0 Å². The standard InChI is InChI=1S/C38H26/c1-4-13-27(14-5-1)30-19-12-20-32(25-30)38-34-22-11-10-21-33(34)37(29-17-8-3-9-18-29)36-26-31(23-24-35(36)38)28-15-6-2-7-16-28/h1-26H/i3D,8D,9D,17D,18D. The summed E-state index contributed by atoms with van der Waals surface area (Å²) in [6, 6.07) is 41.6. The van der Waals surface area contributed by atoms with E-state index in [-0.39, 0.29) is 29.7 Å². The van der Waals surface area contributed by atoms with Crippen LogP contribution in [0.5, 0.6) is 0 Å². The summed E-state index contributed by atoms with van der Waals surface area (Å²) in [4.78, 5) is 0. The summed E-state index contributed by atoms with van der Waals surface area (Å²) in [6.07, 6.45) is 0. The van der Waals surface area contributed by atoms with E-state index < -0.39 is 6.04 Å². The van der Waals surface area contributed by atoms with Crippen molar-refractivity contribution in [2.75, 3.05) is 0 Å². The third-order valence-electron chi connectivity index (χ3n) is 7.14. The van der Waals surface area contributed by atoms with E-state index in [2.05, 4.69) is 72.8 Å². The molecule has 0 aliphatic carbocycles. The minimum absolute atomic E-state index is 0.207. The smallest absolute Gasteiger partial charge is 0.0622 e. The van der Waals surface area contributed by atoms with Gasteiger partial charge >= 0.3 is 0 Å². The second-order valence-corrected chi connectivity index (χ2v) is 9.37. The van der Waals surface area contributed by atoms with Gasteiger partial charge in [0.1, 0.15) is 0 Å². The molecule has 0 atom stereocenters. The van der Waals surface area contributed by atoms with Crippen LogP contribution in [0.3, 0.4) is 0 Å². The summed E-state index contributed by atoms with van der Waals surface area (Å²) in [7, 11) is 0. The first kappa shape index (κ1) is 17.5. The molecule has 0 heterocycles. The molecule has 0 saturated heterocycles. The molecule has 0 spiro atoms. The maximum absolute atomic E-state index is 8.91. The first-order valence-corrected chi connectivity index (χ1v) is 12.7. The van der Waals surface area contributed by atoms with Gasteiger partial charge < -0.3 is 0 Å². The van der Waals surface area contributed by atoms with Crippen molar-refractivity contribution in [3.05, 3.63) is 158 Å². The number of hydrogen-bond acceptors (Lipinski definition) is 0. The Labute approximate surface area is 230 Å². The SMILES string of the molecule is [2H]c1c([2H])c([2H])c(-c2c3ccccc3c(-c3cccc(-c4ccccc4)c3)c3ccc(-c4ccccc4)cc23)c([2H])c1[2H]. The molecule has 0 aliphatic rings. The highest BCUT2D eigenvalue weighted by Gasteiger charge is 2.17. The van der Waals surface area contributed by atoms with Crippen molar-refractivity contribution in [3.63, 3.8) is 0 Å². The van der Waals surface area contributed by atoms with E-state index in [1.165, 1.54) is 0 Å². The van der Waals surface area contributed by atoms with Crippen LogP contribution in [0.1, 0.15) is 6.85 Å². The van der Waals surface area contributed by atoms with E-state index in [4.69, 9.17) is 6.85 Å². The van der Waals surface area contributed by atoms with Crippen LogP contribution in [0, 0.1) is 0 Å². The maximum atomic E-state index is 8.91. The van der Waals surface area contributed by atoms with Crippen molar-refractivity contribution in [1.82, 2.24) is 0 Å². The van der Waals surface area contributed by atoms with Gasteiger partial charge in [-0.05, 0) is 78.2 Å².